The van der Waals surface area contributed by atoms with E-state index in [4.69, 9.17) is 4.74 Å². The summed E-state index contributed by atoms with van der Waals surface area (Å²) in [6, 6.07) is 2.87. The number of carbonyl (C=O) groups is 1. The highest BCUT2D eigenvalue weighted by Crippen LogP contribution is 2.29. The number of rotatable bonds is 4. The van der Waals surface area contributed by atoms with Crippen molar-refractivity contribution in [1.82, 2.24) is 15.2 Å². The number of hydrogen-bond donors (Lipinski definition) is 1. The zero-order valence-electron chi connectivity index (χ0n) is 11.9. The van der Waals surface area contributed by atoms with Gasteiger partial charge in [-0.3, -0.25) is 9.88 Å². The standard InChI is InChI=1S/C14H20FN3O2/c1-3-20-13(19)14(2,18-8-6-16-7-9-18)12-5-4-11(15)10-17-12/h4-5,10,16H,3,6-9H2,1-2H3. The van der Waals surface area contributed by atoms with Gasteiger partial charge in [0.2, 0.25) is 0 Å². The number of esters is 1. The van der Waals surface area contributed by atoms with Gasteiger partial charge in [0.15, 0.2) is 5.54 Å². The van der Waals surface area contributed by atoms with E-state index in [0.717, 1.165) is 19.3 Å². The number of pyridine rings is 1. The Morgan fingerprint density at radius 2 is 2.20 bits per heavy atom. The number of nitrogens with zero attached hydrogens (tertiary/aromatic N) is 2. The summed E-state index contributed by atoms with van der Waals surface area (Å²) in [5.74, 6) is -0.763. The summed E-state index contributed by atoms with van der Waals surface area (Å²) in [5.41, 5.74) is -0.467. The molecule has 1 unspecified atom stereocenters. The zero-order chi connectivity index (χ0) is 14.6. The molecule has 0 amide bonds. The average Bonchev–Trinajstić information content (AvgIpc) is 2.48. The second-order valence-corrected chi connectivity index (χ2v) is 4.89. The number of ether oxygens (including phenoxy) is 1. The third kappa shape index (κ3) is 2.81. The minimum atomic E-state index is -0.980. The third-order valence-corrected chi connectivity index (χ3v) is 3.65. The summed E-state index contributed by atoms with van der Waals surface area (Å²) in [6.07, 6.45) is 1.13. The smallest absolute Gasteiger partial charge is 0.332 e. The van der Waals surface area contributed by atoms with Crippen LogP contribution in [0.25, 0.3) is 0 Å². The van der Waals surface area contributed by atoms with Crippen molar-refractivity contribution in [3.05, 3.63) is 29.8 Å². The fraction of sp³-hybridized carbons (Fsp3) is 0.571. The minimum absolute atomic E-state index is 0.307. The van der Waals surface area contributed by atoms with Crippen molar-refractivity contribution in [2.24, 2.45) is 0 Å². The molecule has 110 valence electrons. The second kappa shape index (κ2) is 6.28. The van der Waals surface area contributed by atoms with Crippen molar-refractivity contribution in [3.63, 3.8) is 0 Å². The molecule has 0 radical (unpaired) electrons. The van der Waals surface area contributed by atoms with Crippen LogP contribution in [0.4, 0.5) is 4.39 Å². The van der Waals surface area contributed by atoms with Gasteiger partial charge < -0.3 is 10.1 Å². The van der Waals surface area contributed by atoms with Crippen LogP contribution >= 0.6 is 0 Å². The molecule has 1 N–H and O–H groups in total. The summed E-state index contributed by atoms with van der Waals surface area (Å²) >= 11 is 0. The van der Waals surface area contributed by atoms with Crippen molar-refractivity contribution in [2.75, 3.05) is 32.8 Å². The van der Waals surface area contributed by atoms with Crippen molar-refractivity contribution >= 4 is 5.97 Å². The molecule has 2 heterocycles. The largest absolute Gasteiger partial charge is 0.464 e. The maximum Gasteiger partial charge on any atom is 0.332 e. The molecule has 1 aliphatic rings. The van der Waals surface area contributed by atoms with Crippen molar-refractivity contribution in [1.29, 1.82) is 0 Å². The molecule has 1 aromatic heterocycles. The van der Waals surface area contributed by atoms with E-state index in [2.05, 4.69) is 10.3 Å². The SMILES string of the molecule is CCOC(=O)C(C)(c1ccc(F)cn1)N1CCNCC1. The summed E-state index contributed by atoms with van der Waals surface area (Å²) in [6.45, 7) is 6.90. The molecular formula is C14H20FN3O2. The van der Waals surface area contributed by atoms with Crippen LogP contribution in [0, 0.1) is 5.82 Å². The molecular weight excluding hydrogens is 261 g/mol. The summed E-state index contributed by atoms with van der Waals surface area (Å²) in [4.78, 5) is 18.6. The predicted molar refractivity (Wildman–Crippen MR) is 72.6 cm³/mol. The molecule has 1 aromatic rings. The van der Waals surface area contributed by atoms with E-state index in [-0.39, 0.29) is 5.97 Å². The highest BCUT2D eigenvalue weighted by molar-refractivity contribution is 5.81. The Hall–Kier alpha value is -1.53. The molecule has 1 saturated heterocycles. The van der Waals surface area contributed by atoms with Gasteiger partial charge in [-0.1, -0.05) is 0 Å². The first-order chi connectivity index (χ1) is 9.59. The summed E-state index contributed by atoms with van der Waals surface area (Å²) in [7, 11) is 0. The Morgan fingerprint density at radius 3 is 2.75 bits per heavy atom. The summed E-state index contributed by atoms with van der Waals surface area (Å²) in [5, 5.41) is 3.24. The fourth-order valence-corrected chi connectivity index (χ4v) is 2.44. The van der Waals surface area contributed by atoms with E-state index in [1.807, 2.05) is 4.90 Å². The third-order valence-electron chi connectivity index (χ3n) is 3.65. The lowest BCUT2D eigenvalue weighted by atomic mass is 9.93. The van der Waals surface area contributed by atoms with Crippen LogP contribution in [0.5, 0.6) is 0 Å². The van der Waals surface area contributed by atoms with Gasteiger partial charge in [0.1, 0.15) is 5.82 Å². The van der Waals surface area contributed by atoms with Crippen LogP contribution in [0.1, 0.15) is 19.5 Å². The molecule has 20 heavy (non-hydrogen) atoms. The molecule has 0 aliphatic carbocycles. The Labute approximate surface area is 118 Å². The van der Waals surface area contributed by atoms with Crippen LogP contribution in [0.15, 0.2) is 18.3 Å². The first kappa shape index (κ1) is 14.9. The molecule has 0 saturated carbocycles. The lowest BCUT2D eigenvalue weighted by molar-refractivity contribution is -0.158. The quantitative estimate of drug-likeness (QED) is 0.831. The Morgan fingerprint density at radius 1 is 1.50 bits per heavy atom. The first-order valence-corrected chi connectivity index (χ1v) is 6.84. The highest BCUT2D eigenvalue weighted by atomic mass is 19.1. The molecule has 5 nitrogen and oxygen atoms in total. The normalized spacial score (nSPS) is 19.4. The monoisotopic (exact) mass is 281 g/mol. The van der Waals surface area contributed by atoms with Crippen molar-refractivity contribution in [3.8, 4) is 0 Å². The van der Waals surface area contributed by atoms with Gasteiger partial charge in [-0.25, -0.2) is 9.18 Å². The van der Waals surface area contributed by atoms with Gasteiger partial charge >= 0.3 is 5.97 Å². The number of nitrogens with one attached hydrogen (secondary N) is 1. The van der Waals surface area contributed by atoms with E-state index in [1.54, 1.807) is 19.9 Å². The number of carbonyl (C=O) groups excluding carboxylic acids is 1. The van der Waals surface area contributed by atoms with Crippen molar-refractivity contribution in [2.45, 2.75) is 19.4 Å². The van der Waals surface area contributed by atoms with Gasteiger partial charge in [0.05, 0.1) is 18.5 Å². The maximum atomic E-state index is 13.1. The fourth-order valence-electron chi connectivity index (χ4n) is 2.44. The van der Waals surface area contributed by atoms with Gasteiger partial charge in [0.25, 0.3) is 0 Å². The Bertz CT molecular complexity index is 460. The molecule has 1 atom stereocenters. The molecule has 0 aromatic carbocycles. The zero-order valence-corrected chi connectivity index (χ0v) is 11.9. The predicted octanol–water partition coefficient (Wildman–Crippen LogP) is 0.904. The van der Waals surface area contributed by atoms with Gasteiger partial charge in [-0.15, -0.1) is 0 Å². The molecule has 6 heteroatoms. The van der Waals surface area contributed by atoms with Crippen LogP contribution in [-0.4, -0.2) is 48.6 Å². The minimum Gasteiger partial charge on any atom is -0.464 e. The number of piperazine rings is 1. The topological polar surface area (TPSA) is 54.5 Å². The van der Waals surface area contributed by atoms with Gasteiger partial charge in [0, 0.05) is 26.2 Å². The van der Waals surface area contributed by atoms with E-state index in [0.29, 0.717) is 25.4 Å². The second-order valence-electron chi connectivity index (χ2n) is 4.89. The van der Waals surface area contributed by atoms with Crippen LogP contribution in [0.2, 0.25) is 0 Å². The number of aromatic nitrogens is 1. The van der Waals surface area contributed by atoms with E-state index < -0.39 is 11.4 Å². The summed E-state index contributed by atoms with van der Waals surface area (Å²) < 4.78 is 18.3. The van der Waals surface area contributed by atoms with Crippen LogP contribution < -0.4 is 5.32 Å². The maximum absolute atomic E-state index is 13.1. The van der Waals surface area contributed by atoms with E-state index in [9.17, 15) is 9.18 Å². The van der Waals surface area contributed by atoms with Gasteiger partial charge in [-0.2, -0.15) is 0 Å². The highest BCUT2D eigenvalue weighted by Gasteiger charge is 2.44. The van der Waals surface area contributed by atoms with Crippen LogP contribution in [0.3, 0.4) is 0 Å². The molecule has 1 fully saturated rings. The van der Waals surface area contributed by atoms with E-state index in [1.165, 1.54) is 6.07 Å². The van der Waals surface area contributed by atoms with Gasteiger partial charge in [-0.05, 0) is 26.0 Å². The van der Waals surface area contributed by atoms with Crippen LogP contribution in [-0.2, 0) is 15.1 Å². The number of halogens is 1. The average molecular weight is 281 g/mol. The molecule has 0 spiro atoms. The Balaban J connectivity index is 2.36. The molecule has 1 aliphatic heterocycles. The van der Waals surface area contributed by atoms with E-state index >= 15 is 0 Å². The first-order valence-electron chi connectivity index (χ1n) is 6.84. The number of hydrogen-bond acceptors (Lipinski definition) is 5. The molecule has 2 rings (SSSR count). The molecule has 0 bridgehead atoms. The Kier molecular flexibility index (Phi) is 4.67. The lowest BCUT2D eigenvalue weighted by Gasteiger charge is -2.40. The van der Waals surface area contributed by atoms with Crippen molar-refractivity contribution < 1.29 is 13.9 Å². The lowest BCUT2D eigenvalue weighted by Crippen LogP contribution is -2.57.